The van der Waals surface area contributed by atoms with Gasteiger partial charge in [0.1, 0.15) is 18.1 Å². The Kier molecular flexibility index (Phi) is 11.1. The number of hydrogen-bond donors (Lipinski definition) is 0. The highest BCUT2D eigenvalue weighted by Crippen LogP contribution is 2.36. The highest BCUT2D eigenvalue weighted by molar-refractivity contribution is 6.18. The van der Waals surface area contributed by atoms with E-state index >= 15 is 0 Å². The Morgan fingerprint density at radius 3 is 1.84 bits per heavy atom. The molecular weight excluding hydrogens is 482 g/mol. The SMILES string of the molecule is CN(C)CCOc1ccc(C(=C(CCCl)c2ccccc2)c2ccc(OCOCC(C)(C)C)cc2)cc1. The summed E-state index contributed by atoms with van der Waals surface area (Å²) < 4.78 is 17.4. The number of rotatable bonds is 13. The number of halogens is 1. The molecule has 0 aliphatic heterocycles. The average molecular weight is 522 g/mol. The summed E-state index contributed by atoms with van der Waals surface area (Å²) >= 11 is 6.31. The van der Waals surface area contributed by atoms with Gasteiger partial charge in [-0.2, -0.15) is 0 Å². The molecule has 3 rings (SSSR count). The molecule has 0 spiro atoms. The summed E-state index contributed by atoms with van der Waals surface area (Å²) in [4.78, 5) is 2.11. The molecule has 0 aliphatic rings. The first-order valence-electron chi connectivity index (χ1n) is 12.8. The molecular formula is C32H40ClNO3. The number of likely N-dealkylation sites (N-methyl/N-ethyl adjacent to an activating group) is 1. The Labute approximate surface area is 227 Å². The van der Waals surface area contributed by atoms with Gasteiger partial charge in [-0.05, 0) is 78.0 Å². The van der Waals surface area contributed by atoms with Crippen LogP contribution in [0, 0.1) is 5.41 Å². The van der Waals surface area contributed by atoms with Crippen molar-refractivity contribution >= 4 is 22.7 Å². The van der Waals surface area contributed by atoms with Gasteiger partial charge in [-0.3, -0.25) is 0 Å². The van der Waals surface area contributed by atoms with Crippen LogP contribution in [-0.4, -0.2) is 51.4 Å². The van der Waals surface area contributed by atoms with Crippen LogP contribution in [0.1, 0.15) is 43.9 Å². The van der Waals surface area contributed by atoms with E-state index < -0.39 is 0 Å². The highest BCUT2D eigenvalue weighted by Gasteiger charge is 2.15. The largest absolute Gasteiger partial charge is 0.492 e. The summed E-state index contributed by atoms with van der Waals surface area (Å²) in [5, 5.41) is 0. The molecule has 0 N–H and O–H groups in total. The number of hydrogen-bond acceptors (Lipinski definition) is 4. The van der Waals surface area contributed by atoms with E-state index in [9.17, 15) is 0 Å². The molecule has 0 unspecified atom stereocenters. The van der Waals surface area contributed by atoms with Crippen molar-refractivity contribution in [3.8, 4) is 11.5 Å². The Bertz CT molecular complexity index is 1100. The lowest BCUT2D eigenvalue weighted by Crippen LogP contribution is -2.19. The summed E-state index contributed by atoms with van der Waals surface area (Å²) in [5.41, 5.74) is 5.86. The number of ether oxygens (including phenoxy) is 3. The minimum absolute atomic E-state index is 0.107. The summed E-state index contributed by atoms with van der Waals surface area (Å²) in [7, 11) is 4.08. The predicted octanol–water partition coefficient (Wildman–Crippen LogP) is 7.61. The molecule has 0 aliphatic carbocycles. The van der Waals surface area contributed by atoms with E-state index in [4.69, 9.17) is 25.8 Å². The molecule has 37 heavy (non-hydrogen) atoms. The molecule has 3 aromatic rings. The van der Waals surface area contributed by atoms with E-state index in [1.165, 1.54) is 11.1 Å². The van der Waals surface area contributed by atoms with Gasteiger partial charge in [0.05, 0.1) is 6.61 Å². The van der Waals surface area contributed by atoms with E-state index in [0.29, 0.717) is 19.1 Å². The van der Waals surface area contributed by atoms with E-state index in [-0.39, 0.29) is 12.2 Å². The van der Waals surface area contributed by atoms with Crippen LogP contribution in [0.15, 0.2) is 78.9 Å². The second kappa shape index (κ2) is 14.2. The van der Waals surface area contributed by atoms with Gasteiger partial charge in [0.15, 0.2) is 6.79 Å². The molecule has 0 fully saturated rings. The fourth-order valence-electron chi connectivity index (χ4n) is 3.90. The van der Waals surface area contributed by atoms with Crippen LogP contribution in [0.25, 0.3) is 11.1 Å². The van der Waals surface area contributed by atoms with Crippen LogP contribution in [0.2, 0.25) is 0 Å². The van der Waals surface area contributed by atoms with Crippen LogP contribution in [0.4, 0.5) is 0 Å². The summed E-state index contributed by atoms with van der Waals surface area (Å²) in [6.07, 6.45) is 0.751. The highest BCUT2D eigenvalue weighted by atomic mass is 35.5. The molecule has 0 aromatic heterocycles. The van der Waals surface area contributed by atoms with Gasteiger partial charge in [0.2, 0.25) is 0 Å². The number of benzene rings is 3. The molecule has 0 atom stereocenters. The molecule has 3 aromatic carbocycles. The van der Waals surface area contributed by atoms with Crippen LogP contribution in [-0.2, 0) is 4.74 Å². The number of alkyl halides is 1. The van der Waals surface area contributed by atoms with E-state index in [0.717, 1.165) is 41.2 Å². The molecule has 198 valence electrons. The first-order valence-corrected chi connectivity index (χ1v) is 13.3. The van der Waals surface area contributed by atoms with Crippen LogP contribution >= 0.6 is 11.6 Å². The molecule has 0 saturated heterocycles. The van der Waals surface area contributed by atoms with Crippen molar-refractivity contribution in [3.63, 3.8) is 0 Å². The fourth-order valence-corrected chi connectivity index (χ4v) is 4.09. The lowest BCUT2D eigenvalue weighted by molar-refractivity contribution is -0.0175. The number of nitrogens with zero attached hydrogens (tertiary/aromatic N) is 1. The van der Waals surface area contributed by atoms with Crippen LogP contribution in [0.5, 0.6) is 11.5 Å². The zero-order valence-corrected chi connectivity index (χ0v) is 23.6. The molecule has 4 nitrogen and oxygen atoms in total. The van der Waals surface area contributed by atoms with E-state index in [2.05, 4.69) is 74.2 Å². The van der Waals surface area contributed by atoms with Gasteiger partial charge in [0.25, 0.3) is 0 Å². The second-order valence-corrected chi connectivity index (χ2v) is 10.9. The van der Waals surface area contributed by atoms with Crippen molar-refractivity contribution < 1.29 is 14.2 Å². The number of allylic oxidation sites excluding steroid dienone is 1. The third kappa shape index (κ3) is 9.55. The zero-order valence-electron chi connectivity index (χ0n) is 22.8. The fraction of sp³-hybridized carbons (Fsp3) is 0.375. The summed E-state index contributed by atoms with van der Waals surface area (Å²) in [5.74, 6) is 2.17. The zero-order chi connectivity index (χ0) is 26.7. The van der Waals surface area contributed by atoms with Crippen molar-refractivity contribution in [2.45, 2.75) is 27.2 Å². The maximum Gasteiger partial charge on any atom is 0.189 e. The van der Waals surface area contributed by atoms with Gasteiger partial charge in [-0.1, -0.05) is 75.4 Å². The first kappa shape index (κ1) is 28.8. The van der Waals surface area contributed by atoms with Gasteiger partial charge in [-0.15, -0.1) is 11.6 Å². The summed E-state index contributed by atoms with van der Waals surface area (Å²) in [6, 6.07) is 27.0. The maximum absolute atomic E-state index is 6.31. The molecule has 0 radical (unpaired) electrons. The molecule has 0 saturated carbocycles. The molecule has 0 heterocycles. The molecule has 5 heteroatoms. The standard InChI is InChI=1S/C32H40ClNO3/c1-32(2,3)23-35-24-37-29-17-13-27(14-18-29)31(30(19-20-33)25-9-7-6-8-10-25)26-11-15-28(16-12-26)36-22-21-34(4)5/h6-18H,19-24H2,1-5H3. The smallest absolute Gasteiger partial charge is 0.189 e. The normalized spacial score (nSPS) is 12.4. The van der Waals surface area contributed by atoms with Crippen molar-refractivity contribution in [3.05, 3.63) is 95.6 Å². The van der Waals surface area contributed by atoms with Gasteiger partial charge < -0.3 is 19.1 Å². The Hall–Kier alpha value is -2.79. The third-order valence-corrected chi connectivity index (χ3v) is 5.89. The van der Waals surface area contributed by atoms with Crippen LogP contribution in [0.3, 0.4) is 0 Å². The minimum atomic E-state index is 0.107. The third-order valence-electron chi connectivity index (χ3n) is 5.71. The van der Waals surface area contributed by atoms with Crippen molar-refractivity contribution in [2.24, 2.45) is 5.41 Å². The van der Waals surface area contributed by atoms with Crippen molar-refractivity contribution in [1.29, 1.82) is 0 Å². The molecule has 0 bridgehead atoms. The monoisotopic (exact) mass is 521 g/mol. The lowest BCUT2D eigenvalue weighted by atomic mass is 9.88. The second-order valence-electron chi connectivity index (χ2n) is 10.5. The predicted molar refractivity (Wildman–Crippen MR) is 156 cm³/mol. The quantitative estimate of drug-likeness (QED) is 0.100. The summed E-state index contributed by atoms with van der Waals surface area (Å²) in [6.45, 7) is 8.83. The first-order chi connectivity index (χ1) is 17.8. The van der Waals surface area contributed by atoms with Crippen molar-refractivity contribution in [1.82, 2.24) is 4.90 Å². The van der Waals surface area contributed by atoms with E-state index in [1.54, 1.807) is 0 Å². The average Bonchev–Trinajstić information content (AvgIpc) is 2.88. The van der Waals surface area contributed by atoms with E-state index in [1.807, 2.05) is 44.4 Å². The Morgan fingerprint density at radius 2 is 1.32 bits per heavy atom. The Balaban J connectivity index is 1.91. The topological polar surface area (TPSA) is 30.9 Å². The van der Waals surface area contributed by atoms with Gasteiger partial charge >= 0.3 is 0 Å². The minimum Gasteiger partial charge on any atom is -0.492 e. The lowest BCUT2D eigenvalue weighted by Gasteiger charge is -2.19. The molecule has 0 amide bonds. The maximum atomic E-state index is 6.31. The van der Waals surface area contributed by atoms with Gasteiger partial charge in [-0.25, -0.2) is 0 Å². The Morgan fingerprint density at radius 1 is 0.757 bits per heavy atom. The van der Waals surface area contributed by atoms with Crippen LogP contribution < -0.4 is 9.47 Å². The van der Waals surface area contributed by atoms with Crippen molar-refractivity contribution in [2.75, 3.05) is 46.5 Å². The van der Waals surface area contributed by atoms with Gasteiger partial charge in [0, 0.05) is 12.4 Å².